The molecule has 0 bridgehead atoms. The summed E-state index contributed by atoms with van der Waals surface area (Å²) in [5.74, 6) is 0.00814. The van der Waals surface area contributed by atoms with Crippen LogP contribution < -0.4 is 10.1 Å². The van der Waals surface area contributed by atoms with Gasteiger partial charge in [0, 0.05) is 32.6 Å². The molecule has 0 saturated heterocycles. The van der Waals surface area contributed by atoms with Crippen LogP contribution in [-0.2, 0) is 19.1 Å². The molecule has 142 valence electrons. The van der Waals surface area contributed by atoms with Crippen molar-refractivity contribution in [3.63, 3.8) is 0 Å². The van der Waals surface area contributed by atoms with Gasteiger partial charge in [-0.2, -0.15) is 0 Å². The Bertz CT molecular complexity index is 643. The van der Waals surface area contributed by atoms with E-state index in [1.165, 1.54) is 20.1 Å². The molecule has 0 saturated carbocycles. The van der Waals surface area contributed by atoms with Gasteiger partial charge in [0.1, 0.15) is 5.75 Å². The van der Waals surface area contributed by atoms with Crippen molar-refractivity contribution in [3.05, 3.63) is 35.9 Å². The van der Waals surface area contributed by atoms with Gasteiger partial charge < -0.3 is 19.7 Å². The van der Waals surface area contributed by atoms with E-state index in [0.29, 0.717) is 25.3 Å². The van der Waals surface area contributed by atoms with Gasteiger partial charge in [-0.1, -0.05) is 12.1 Å². The van der Waals surface area contributed by atoms with Gasteiger partial charge in [0.25, 0.3) is 0 Å². The van der Waals surface area contributed by atoms with Crippen molar-refractivity contribution in [2.45, 2.75) is 19.8 Å². The number of ether oxygens (including phenoxy) is 2. The third-order valence-electron chi connectivity index (χ3n) is 3.62. The van der Waals surface area contributed by atoms with E-state index in [2.05, 4.69) is 10.1 Å². The molecule has 1 N–H and O–H groups in total. The van der Waals surface area contributed by atoms with Crippen molar-refractivity contribution in [1.29, 1.82) is 0 Å². The van der Waals surface area contributed by atoms with Crippen LogP contribution in [0.15, 0.2) is 30.3 Å². The number of methoxy groups -OCH3 is 2. The largest absolute Gasteiger partial charge is 0.497 e. The zero-order valence-corrected chi connectivity index (χ0v) is 15.5. The van der Waals surface area contributed by atoms with Crippen LogP contribution in [0.2, 0.25) is 0 Å². The highest BCUT2D eigenvalue weighted by molar-refractivity contribution is 5.92. The number of hydrogen-bond acceptors (Lipinski definition) is 5. The predicted molar refractivity (Wildman–Crippen MR) is 98.5 cm³/mol. The summed E-state index contributed by atoms with van der Waals surface area (Å²) in [6, 6.07) is 7.34. The predicted octanol–water partition coefficient (Wildman–Crippen LogP) is 1.63. The van der Waals surface area contributed by atoms with Gasteiger partial charge >= 0.3 is 5.97 Å². The number of carbonyl (C=O) groups is 3. The molecule has 0 aliphatic carbocycles. The summed E-state index contributed by atoms with van der Waals surface area (Å²) < 4.78 is 9.78. The minimum Gasteiger partial charge on any atom is -0.497 e. The molecule has 1 rings (SSSR count). The fourth-order valence-corrected chi connectivity index (χ4v) is 2.21. The summed E-state index contributed by atoms with van der Waals surface area (Å²) in [5, 5.41) is 2.69. The Morgan fingerprint density at radius 3 is 2.62 bits per heavy atom. The van der Waals surface area contributed by atoms with Gasteiger partial charge in [0.15, 0.2) is 0 Å². The zero-order chi connectivity index (χ0) is 19.4. The lowest BCUT2D eigenvalue weighted by Crippen LogP contribution is -2.34. The molecule has 7 nitrogen and oxygen atoms in total. The summed E-state index contributed by atoms with van der Waals surface area (Å²) in [6.07, 6.45) is 3.88. The van der Waals surface area contributed by atoms with E-state index < -0.39 is 0 Å². The molecular weight excluding hydrogens is 336 g/mol. The minimum atomic E-state index is -0.374. The van der Waals surface area contributed by atoms with Gasteiger partial charge in [0.2, 0.25) is 11.8 Å². The Kier molecular flexibility index (Phi) is 9.53. The van der Waals surface area contributed by atoms with Crippen LogP contribution in [0.25, 0.3) is 6.08 Å². The quantitative estimate of drug-likeness (QED) is 0.388. The number of amides is 2. The smallest absolute Gasteiger partial charge is 0.307 e. The van der Waals surface area contributed by atoms with Gasteiger partial charge in [-0.05, 0) is 30.2 Å². The van der Waals surface area contributed by atoms with Crippen molar-refractivity contribution >= 4 is 23.9 Å². The van der Waals surface area contributed by atoms with Crippen LogP contribution in [0.4, 0.5) is 0 Å². The summed E-state index contributed by atoms with van der Waals surface area (Å²) in [6.45, 7) is 2.60. The molecule has 26 heavy (non-hydrogen) atoms. The molecule has 0 aliphatic heterocycles. The monoisotopic (exact) mass is 362 g/mol. The summed E-state index contributed by atoms with van der Waals surface area (Å²) in [5.41, 5.74) is 0.837. The molecule has 0 aliphatic rings. The van der Waals surface area contributed by atoms with Crippen molar-refractivity contribution in [3.8, 4) is 5.75 Å². The van der Waals surface area contributed by atoms with Crippen LogP contribution in [0.1, 0.15) is 25.3 Å². The molecule has 0 spiro atoms. The Morgan fingerprint density at radius 1 is 1.19 bits per heavy atom. The first-order valence-corrected chi connectivity index (χ1v) is 8.38. The number of rotatable bonds is 10. The summed E-state index contributed by atoms with van der Waals surface area (Å²) in [7, 11) is 2.89. The molecule has 0 radical (unpaired) electrons. The van der Waals surface area contributed by atoms with E-state index >= 15 is 0 Å². The van der Waals surface area contributed by atoms with Crippen molar-refractivity contribution in [2.24, 2.45) is 0 Å². The van der Waals surface area contributed by atoms with Crippen LogP contribution in [0.5, 0.6) is 5.75 Å². The lowest BCUT2D eigenvalue weighted by Gasteiger charge is -2.20. The van der Waals surface area contributed by atoms with Gasteiger partial charge in [-0.15, -0.1) is 0 Å². The molecule has 0 atom stereocenters. The SMILES string of the molecule is COC(=O)CCN(CCCNC(C)=O)C(=O)/C=C/c1cccc(OC)c1. The molecule has 0 unspecified atom stereocenters. The normalized spacial score (nSPS) is 10.4. The van der Waals surface area contributed by atoms with Crippen LogP contribution in [0, 0.1) is 0 Å². The Hall–Kier alpha value is -2.83. The maximum atomic E-state index is 12.5. The van der Waals surface area contributed by atoms with Crippen molar-refractivity contribution < 1.29 is 23.9 Å². The number of nitrogens with zero attached hydrogens (tertiary/aromatic N) is 1. The van der Waals surface area contributed by atoms with E-state index in [9.17, 15) is 14.4 Å². The van der Waals surface area contributed by atoms with Crippen LogP contribution in [-0.4, -0.2) is 56.5 Å². The number of nitrogens with one attached hydrogen (secondary N) is 1. The number of hydrogen-bond donors (Lipinski definition) is 1. The average molecular weight is 362 g/mol. The van der Waals surface area contributed by atoms with E-state index in [1.54, 1.807) is 18.1 Å². The maximum Gasteiger partial charge on any atom is 0.307 e. The third-order valence-corrected chi connectivity index (χ3v) is 3.62. The second-order valence-electron chi connectivity index (χ2n) is 5.60. The van der Waals surface area contributed by atoms with E-state index in [0.717, 1.165) is 5.56 Å². The number of benzene rings is 1. The van der Waals surface area contributed by atoms with E-state index in [1.807, 2.05) is 24.3 Å². The fourth-order valence-electron chi connectivity index (χ4n) is 2.21. The van der Waals surface area contributed by atoms with Crippen LogP contribution in [0.3, 0.4) is 0 Å². The van der Waals surface area contributed by atoms with Crippen molar-refractivity contribution in [2.75, 3.05) is 33.9 Å². The molecule has 2 amide bonds. The third kappa shape index (κ3) is 8.32. The highest BCUT2D eigenvalue weighted by Gasteiger charge is 2.13. The first kappa shape index (κ1) is 21.2. The average Bonchev–Trinajstić information content (AvgIpc) is 2.65. The number of esters is 1. The highest BCUT2D eigenvalue weighted by atomic mass is 16.5. The van der Waals surface area contributed by atoms with Gasteiger partial charge in [-0.25, -0.2) is 0 Å². The molecule has 1 aromatic carbocycles. The summed E-state index contributed by atoms with van der Waals surface area (Å²) >= 11 is 0. The Balaban J connectivity index is 2.69. The van der Waals surface area contributed by atoms with Gasteiger partial charge in [-0.3, -0.25) is 14.4 Å². The summed E-state index contributed by atoms with van der Waals surface area (Å²) in [4.78, 5) is 36.3. The molecule has 1 aromatic rings. The lowest BCUT2D eigenvalue weighted by molar-refractivity contribution is -0.141. The van der Waals surface area contributed by atoms with Crippen molar-refractivity contribution in [1.82, 2.24) is 10.2 Å². The standard InChI is InChI=1S/C19H26N2O5/c1-15(22)20-11-5-12-21(13-10-19(24)26-3)18(23)9-8-16-6-4-7-17(14-16)25-2/h4,6-9,14H,5,10-13H2,1-3H3,(H,20,22)/b9-8+. The van der Waals surface area contributed by atoms with Gasteiger partial charge in [0.05, 0.1) is 20.6 Å². The second kappa shape index (κ2) is 11.7. The first-order chi connectivity index (χ1) is 12.5. The molecule has 0 aromatic heterocycles. The fraction of sp³-hybridized carbons (Fsp3) is 0.421. The Labute approximate surface area is 154 Å². The maximum absolute atomic E-state index is 12.5. The van der Waals surface area contributed by atoms with E-state index in [-0.39, 0.29) is 30.7 Å². The molecule has 0 heterocycles. The topological polar surface area (TPSA) is 84.9 Å². The van der Waals surface area contributed by atoms with E-state index in [4.69, 9.17) is 4.74 Å². The zero-order valence-electron chi connectivity index (χ0n) is 15.5. The number of carbonyl (C=O) groups excluding carboxylic acids is 3. The lowest BCUT2D eigenvalue weighted by atomic mass is 10.2. The Morgan fingerprint density at radius 2 is 1.96 bits per heavy atom. The first-order valence-electron chi connectivity index (χ1n) is 8.38. The highest BCUT2D eigenvalue weighted by Crippen LogP contribution is 2.13. The molecular formula is C19H26N2O5. The molecule has 0 fully saturated rings. The van der Waals surface area contributed by atoms with Crippen LogP contribution >= 0.6 is 0 Å². The molecule has 7 heteroatoms. The second-order valence-corrected chi connectivity index (χ2v) is 5.60. The minimum absolute atomic E-state index is 0.115.